The van der Waals surface area contributed by atoms with E-state index in [2.05, 4.69) is 0 Å². The van der Waals surface area contributed by atoms with Gasteiger partial charge in [0.25, 0.3) is 5.69 Å². The number of Topliss-reactive ketones (excluding diaryl/α,β-unsaturated/α-hetero) is 1. The highest BCUT2D eigenvalue weighted by Gasteiger charge is 2.24. The minimum atomic E-state index is -0.394. The number of rotatable bonds is 7. The number of ketones is 1. The van der Waals surface area contributed by atoms with Crippen LogP contribution in [0.4, 0.5) is 5.69 Å². The van der Waals surface area contributed by atoms with Crippen molar-refractivity contribution in [1.82, 2.24) is 0 Å². The largest absolute Gasteiger partial charge is 0.496 e. The third-order valence-electron chi connectivity index (χ3n) is 4.55. The van der Waals surface area contributed by atoms with Gasteiger partial charge in [0.05, 0.1) is 24.2 Å². The highest BCUT2D eigenvalue weighted by Crippen LogP contribution is 2.36. The molecule has 0 N–H and O–H groups in total. The number of non-ortho nitro benzene ring substituents is 1. The molecule has 136 valence electrons. The monoisotopic (exact) mass is 355 g/mol. The van der Waals surface area contributed by atoms with E-state index in [9.17, 15) is 14.9 Å². The molecule has 0 heterocycles. The third kappa shape index (κ3) is 3.85. The minimum absolute atomic E-state index is 0.0956. The molecule has 3 rings (SSSR count). The first-order valence-electron chi connectivity index (χ1n) is 8.69. The van der Waals surface area contributed by atoms with E-state index in [0.29, 0.717) is 37.2 Å². The lowest BCUT2D eigenvalue weighted by Gasteiger charge is -2.21. The average molecular weight is 355 g/mol. The van der Waals surface area contributed by atoms with E-state index < -0.39 is 4.92 Å². The lowest BCUT2D eigenvalue weighted by Crippen LogP contribution is -2.14. The van der Waals surface area contributed by atoms with Gasteiger partial charge in [-0.3, -0.25) is 14.9 Å². The zero-order valence-electron chi connectivity index (χ0n) is 14.7. The van der Waals surface area contributed by atoms with Crippen LogP contribution in [-0.2, 0) is 12.8 Å². The van der Waals surface area contributed by atoms with Crippen molar-refractivity contribution in [1.29, 1.82) is 0 Å². The first kappa shape index (κ1) is 17.9. The maximum absolute atomic E-state index is 12.3. The quantitative estimate of drug-likeness (QED) is 0.424. The van der Waals surface area contributed by atoms with Crippen LogP contribution >= 0.6 is 0 Å². The molecule has 0 bridgehead atoms. The summed E-state index contributed by atoms with van der Waals surface area (Å²) >= 11 is 0. The van der Waals surface area contributed by atoms with Crippen LogP contribution < -0.4 is 9.47 Å². The van der Waals surface area contributed by atoms with Crippen LogP contribution in [0.25, 0.3) is 0 Å². The Balaban J connectivity index is 1.65. The molecule has 0 unspecified atom stereocenters. The number of carbonyl (C=O) groups excluding carboxylic acids is 1. The van der Waals surface area contributed by atoms with Crippen LogP contribution in [0.2, 0.25) is 0 Å². The SMILES string of the molecule is COc1ccc(OCCCc2cccc([N+](=O)[O-])c2)c2c1CCCC2=O. The second kappa shape index (κ2) is 7.99. The first-order chi connectivity index (χ1) is 12.6. The van der Waals surface area contributed by atoms with Gasteiger partial charge in [-0.15, -0.1) is 0 Å². The van der Waals surface area contributed by atoms with E-state index in [-0.39, 0.29) is 11.5 Å². The topological polar surface area (TPSA) is 78.7 Å². The number of nitro benzene ring substituents is 1. The number of ether oxygens (including phenoxy) is 2. The number of carbonyl (C=O) groups is 1. The predicted octanol–water partition coefficient (Wildman–Crippen LogP) is 4.13. The van der Waals surface area contributed by atoms with Crippen molar-refractivity contribution in [3.8, 4) is 11.5 Å². The molecule has 0 radical (unpaired) electrons. The normalized spacial score (nSPS) is 13.2. The number of methoxy groups -OCH3 is 1. The van der Waals surface area contributed by atoms with Gasteiger partial charge in [-0.25, -0.2) is 0 Å². The van der Waals surface area contributed by atoms with Gasteiger partial charge in [-0.05, 0) is 43.4 Å². The summed E-state index contributed by atoms with van der Waals surface area (Å²) in [6, 6.07) is 10.2. The van der Waals surface area contributed by atoms with E-state index in [1.54, 1.807) is 25.3 Å². The number of benzene rings is 2. The summed E-state index contributed by atoms with van der Waals surface area (Å²) in [7, 11) is 1.61. The summed E-state index contributed by atoms with van der Waals surface area (Å²) < 4.78 is 11.2. The highest BCUT2D eigenvalue weighted by molar-refractivity contribution is 6.01. The molecule has 0 fully saturated rings. The van der Waals surface area contributed by atoms with Gasteiger partial charge in [-0.1, -0.05) is 12.1 Å². The maximum atomic E-state index is 12.3. The molecular weight excluding hydrogens is 334 g/mol. The van der Waals surface area contributed by atoms with Crippen LogP contribution in [0.15, 0.2) is 36.4 Å². The Morgan fingerprint density at radius 1 is 1.15 bits per heavy atom. The van der Waals surface area contributed by atoms with E-state index in [0.717, 1.165) is 29.7 Å². The van der Waals surface area contributed by atoms with Crippen molar-refractivity contribution in [3.05, 3.63) is 63.2 Å². The standard InChI is InChI=1S/C20H21NO5/c1-25-18-10-11-19(20-16(18)8-3-9-17(20)22)26-12-4-6-14-5-2-7-15(13-14)21(23)24/h2,5,7,10-11,13H,3-4,6,8-9,12H2,1H3. The first-order valence-corrected chi connectivity index (χ1v) is 8.69. The molecule has 0 aliphatic heterocycles. The zero-order chi connectivity index (χ0) is 18.5. The van der Waals surface area contributed by atoms with Gasteiger partial charge in [0.15, 0.2) is 5.78 Å². The van der Waals surface area contributed by atoms with Crippen molar-refractivity contribution in [2.75, 3.05) is 13.7 Å². The van der Waals surface area contributed by atoms with Gasteiger partial charge in [0, 0.05) is 24.1 Å². The third-order valence-corrected chi connectivity index (χ3v) is 4.55. The molecule has 2 aromatic rings. The predicted molar refractivity (Wildman–Crippen MR) is 97.2 cm³/mol. The summed E-state index contributed by atoms with van der Waals surface area (Å²) in [5.41, 5.74) is 2.57. The van der Waals surface area contributed by atoms with E-state index >= 15 is 0 Å². The van der Waals surface area contributed by atoms with Gasteiger partial charge in [0.2, 0.25) is 0 Å². The number of aryl methyl sites for hydroxylation is 1. The number of nitrogens with zero attached hydrogens (tertiary/aromatic N) is 1. The van der Waals surface area contributed by atoms with Crippen molar-refractivity contribution >= 4 is 11.5 Å². The Hall–Kier alpha value is -2.89. The fourth-order valence-electron chi connectivity index (χ4n) is 3.31. The van der Waals surface area contributed by atoms with E-state index in [1.807, 2.05) is 12.1 Å². The maximum Gasteiger partial charge on any atom is 0.269 e. The van der Waals surface area contributed by atoms with Crippen LogP contribution in [0, 0.1) is 10.1 Å². The summed E-state index contributed by atoms with van der Waals surface area (Å²) in [6.45, 7) is 0.439. The Morgan fingerprint density at radius 2 is 1.96 bits per heavy atom. The molecule has 0 saturated carbocycles. The van der Waals surface area contributed by atoms with Gasteiger partial charge >= 0.3 is 0 Å². The Bertz CT molecular complexity index is 831. The Morgan fingerprint density at radius 3 is 2.73 bits per heavy atom. The van der Waals surface area contributed by atoms with E-state index in [4.69, 9.17) is 9.47 Å². The van der Waals surface area contributed by atoms with Crippen LogP contribution in [0.3, 0.4) is 0 Å². The van der Waals surface area contributed by atoms with Crippen molar-refractivity contribution in [2.45, 2.75) is 32.1 Å². The lowest BCUT2D eigenvalue weighted by atomic mass is 9.89. The molecule has 1 aliphatic carbocycles. The molecule has 2 aromatic carbocycles. The van der Waals surface area contributed by atoms with Gasteiger partial charge in [0.1, 0.15) is 11.5 Å². The van der Waals surface area contributed by atoms with Gasteiger partial charge < -0.3 is 9.47 Å². The molecule has 1 aliphatic rings. The lowest BCUT2D eigenvalue weighted by molar-refractivity contribution is -0.384. The molecule has 6 heteroatoms. The van der Waals surface area contributed by atoms with Gasteiger partial charge in [-0.2, -0.15) is 0 Å². The molecular formula is C20H21NO5. The number of hydrogen-bond donors (Lipinski definition) is 0. The molecule has 0 aromatic heterocycles. The average Bonchev–Trinajstić information content (AvgIpc) is 2.65. The Kier molecular flexibility index (Phi) is 5.51. The number of fused-ring (bicyclic) bond motifs is 1. The van der Waals surface area contributed by atoms with Crippen LogP contribution in [0.5, 0.6) is 11.5 Å². The van der Waals surface area contributed by atoms with Crippen molar-refractivity contribution in [2.24, 2.45) is 0 Å². The van der Waals surface area contributed by atoms with Crippen LogP contribution in [-0.4, -0.2) is 24.4 Å². The number of hydrogen-bond acceptors (Lipinski definition) is 5. The molecule has 6 nitrogen and oxygen atoms in total. The molecule has 0 saturated heterocycles. The highest BCUT2D eigenvalue weighted by atomic mass is 16.6. The summed E-state index contributed by atoms with van der Waals surface area (Å²) in [4.78, 5) is 22.8. The zero-order valence-corrected chi connectivity index (χ0v) is 14.7. The summed E-state index contributed by atoms with van der Waals surface area (Å²) in [5, 5.41) is 10.8. The fraction of sp³-hybridized carbons (Fsp3) is 0.350. The smallest absolute Gasteiger partial charge is 0.269 e. The number of nitro groups is 1. The molecule has 0 amide bonds. The molecule has 0 spiro atoms. The molecule has 0 atom stereocenters. The summed E-state index contributed by atoms with van der Waals surface area (Å²) in [5.74, 6) is 1.43. The fourth-order valence-corrected chi connectivity index (χ4v) is 3.31. The Labute approximate surface area is 151 Å². The second-order valence-electron chi connectivity index (χ2n) is 6.28. The van der Waals surface area contributed by atoms with Crippen molar-refractivity contribution in [3.63, 3.8) is 0 Å². The minimum Gasteiger partial charge on any atom is -0.496 e. The summed E-state index contributed by atoms with van der Waals surface area (Å²) in [6.07, 6.45) is 3.56. The van der Waals surface area contributed by atoms with E-state index in [1.165, 1.54) is 6.07 Å². The van der Waals surface area contributed by atoms with Crippen molar-refractivity contribution < 1.29 is 19.2 Å². The molecule has 26 heavy (non-hydrogen) atoms. The second-order valence-corrected chi connectivity index (χ2v) is 6.28. The van der Waals surface area contributed by atoms with Crippen LogP contribution in [0.1, 0.15) is 40.7 Å².